The number of carbonyl (C=O) groups is 1. The minimum absolute atomic E-state index is 0.299. The molecule has 3 N–H and O–H groups in total. The lowest BCUT2D eigenvalue weighted by Gasteiger charge is -2.29. The lowest BCUT2D eigenvalue weighted by Crippen LogP contribution is -2.37. The van der Waals surface area contributed by atoms with Gasteiger partial charge in [0, 0.05) is 12.2 Å². The number of likely N-dealkylation sites (tertiary alicyclic amines) is 1. The number of aromatic nitrogens is 2. The van der Waals surface area contributed by atoms with E-state index in [9.17, 15) is 4.79 Å². The van der Waals surface area contributed by atoms with Crippen LogP contribution in [0, 0.1) is 11.3 Å². The van der Waals surface area contributed by atoms with Gasteiger partial charge in [-0.2, -0.15) is 10.2 Å². The Bertz CT molecular complexity index is 897. The maximum Gasteiger partial charge on any atom is 0.261 e. The number of fused-ring (bicyclic) bond motifs is 2. The average Bonchev–Trinajstić information content (AvgIpc) is 2.78. The Kier molecular flexibility index (Phi) is 4.14. The number of rotatable bonds is 2. The van der Waals surface area contributed by atoms with Gasteiger partial charge in [0.15, 0.2) is 0 Å². The fourth-order valence-corrected chi connectivity index (χ4v) is 3.19. The zero-order chi connectivity index (χ0) is 18.1. The highest BCUT2D eigenvalue weighted by Gasteiger charge is 2.23. The summed E-state index contributed by atoms with van der Waals surface area (Å²) in [6.07, 6.45) is 3.59. The number of nitriles is 1. The van der Waals surface area contributed by atoms with Gasteiger partial charge in [-0.15, -0.1) is 0 Å². The van der Waals surface area contributed by atoms with Crippen LogP contribution in [0.3, 0.4) is 0 Å². The molecule has 2 aliphatic rings. The first kappa shape index (κ1) is 16.3. The maximum atomic E-state index is 12.5. The number of anilines is 4. The summed E-state index contributed by atoms with van der Waals surface area (Å²) in [6.45, 7) is 2.08. The van der Waals surface area contributed by atoms with Crippen LogP contribution in [0.1, 0.15) is 28.8 Å². The number of hydrogen-bond acceptors (Lipinski definition) is 7. The molecule has 8 heteroatoms. The standard InChI is InChI=1S/C18H19N7O/c1-25-6-4-12(5-7-25)21-18-20-10-13-16(24-18)22-14-3-2-11(9-19)8-15(14)23-17(13)26/h2-3,8,10,12H,4-7H2,1H3,(H,23,26)(H2,20,21,22,24). The van der Waals surface area contributed by atoms with E-state index in [1.165, 1.54) is 6.20 Å². The lowest BCUT2D eigenvalue weighted by atomic mass is 10.1. The first-order valence-electron chi connectivity index (χ1n) is 8.57. The second kappa shape index (κ2) is 6.61. The molecule has 0 radical (unpaired) electrons. The Labute approximate surface area is 151 Å². The van der Waals surface area contributed by atoms with Crippen molar-refractivity contribution in [3.63, 3.8) is 0 Å². The van der Waals surface area contributed by atoms with Gasteiger partial charge in [0.05, 0.1) is 23.0 Å². The molecule has 1 aromatic heterocycles. The molecule has 3 heterocycles. The highest BCUT2D eigenvalue weighted by Crippen LogP contribution is 2.31. The van der Waals surface area contributed by atoms with Gasteiger partial charge in [-0.3, -0.25) is 4.79 Å². The largest absolute Gasteiger partial charge is 0.351 e. The molecule has 4 rings (SSSR count). The topological polar surface area (TPSA) is 106 Å². The smallest absolute Gasteiger partial charge is 0.261 e. The van der Waals surface area contributed by atoms with Crippen LogP contribution < -0.4 is 16.0 Å². The molecule has 0 saturated carbocycles. The van der Waals surface area contributed by atoms with Gasteiger partial charge in [-0.1, -0.05) is 0 Å². The molecule has 1 saturated heterocycles. The number of hydrogen-bond donors (Lipinski definition) is 3. The third-order valence-electron chi connectivity index (χ3n) is 4.74. The molecule has 1 fully saturated rings. The predicted octanol–water partition coefficient (Wildman–Crippen LogP) is 2.16. The Hall–Kier alpha value is -3.18. The third kappa shape index (κ3) is 3.17. The normalized spacial score (nSPS) is 17.2. The fourth-order valence-electron chi connectivity index (χ4n) is 3.19. The first-order valence-corrected chi connectivity index (χ1v) is 8.57. The summed E-state index contributed by atoms with van der Waals surface area (Å²) in [4.78, 5) is 23.6. The molecular weight excluding hydrogens is 330 g/mol. The van der Waals surface area contributed by atoms with Crippen molar-refractivity contribution in [3.05, 3.63) is 35.5 Å². The second-order valence-corrected chi connectivity index (χ2v) is 6.63. The molecule has 2 aromatic rings. The van der Waals surface area contributed by atoms with Gasteiger partial charge < -0.3 is 20.9 Å². The van der Waals surface area contributed by atoms with E-state index in [0.717, 1.165) is 25.9 Å². The number of amides is 1. The summed E-state index contributed by atoms with van der Waals surface area (Å²) < 4.78 is 0. The first-order chi connectivity index (χ1) is 12.6. The SMILES string of the molecule is CN1CCC(Nc2ncc3c(n2)Nc2ccc(C#N)cc2NC3=O)CC1. The van der Waals surface area contributed by atoms with Crippen molar-refractivity contribution in [2.24, 2.45) is 0 Å². The summed E-state index contributed by atoms with van der Waals surface area (Å²) in [5, 5.41) is 18.4. The third-order valence-corrected chi connectivity index (χ3v) is 4.74. The van der Waals surface area contributed by atoms with Crippen LogP contribution in [0.2, 0.25) is 0 Å². The quantitative estimate of drug-likeness (QED) is 0.763. The molecule has 26 heavy (non-hydrogen) atoms. The van der Waals surface area contributed by atoms with Crippen molar-refractivity contribution in [2.45, 2.75) is 18.9 Å². The van der Waals surface area contributed by atoms with Crippen molar-refractivity contribution >= 4 is 29.0 Å². The molecule has 0 unspecified atom stereocenters. The monoisotopic (exact) mass is 349 g/mol. The molecule has 8 nitrogen and oxygen atoms in total. The fraction of sp³-hybridized carbons (Fsp3) is 0.333. The van der Waals surface area contributed by atoms with Crippen LogP contribution in [0.5, 0.6) is 0 Å². The molecule has 132 valence electrons. The van der Waals surface area contributed by atoms with Gasteiger partial charge in [0.25, 0.3) is 5.91 Å². The van der Waals surface area contributed by atoms with Gasteiger partial charge in [0.1, 0.15) is 11.4 Å². The van der Waals surface area contributed by atoms with Crippen molar-refractivity contribution < 1.29 is 4.79 Å². The maximum absolute atomic E-state index is 12.5. The molecule has 2 aliphatic heterocycles. The van der Waals surface area contributed by atoms with Crippen LogP contribution in [-0.4, -0.2) is 47.0 Å². The molecular formula is C18H19N7O. The lowest BCUT2D eigenvalue weighted by molar-refractivity contribution is 0.102. The minimum atomic E-state index is -0.299. The van der Waals surface area contributed by atoms with Crippen molar-refractivity contribution in [1.29, 1.82) is 5.26 Å². The number of nitrogens with one attached hydrogen (secondary N) is 3. The molecule has 1 amide bonds. The summed E-state index contributed by atoms with van der Waals surface area (Å²) in [7, 11) is 2.12. The highest BCUT2D eigenvalue weighted by atomic mass is 16.1. The van der Waals surface area contributed by atoms with Crippen LogP contribution >= 0.6 is 0 Å². The van der Waals surface area contributed by atoms with Gasteiger partial charge in [0.2, 0.25) is 5.95 Å². The van der Waals surface area contributed by atoms with E-state index in [2.05, 4.69) is 43.9 Å². The van der Waals surface area contributed by atoms with E-state index in [1.807, 2.05) is 0 Å². The molecule has 0 aliphatic carbocycles. The van der Waals surface area contributed by atoms with Crippen LogP contribution in [-0.2, 0) is 0 Å². The van der Waals surface area contributed by atoms with Crippen molar-refractivity contribution in [2.75, 3.05) is 36.1 Å². The van der Waals surface area contributed by atoms with E-state index >= 15 is 0 Å². The van der Waals surface area contributed by atoms with Crippen molar-refractivity contribution in [3.8, 4) is 6.07 Å². The van der Waals surface area contributed by atoms with E-state index in [1.54, 1.807) is 18.2 Å². The molecule has 0 spiro atoms. The highest BCUT2D eigenvalue weighted by molar-refractivity contribution is 6.11. The molecule has 0 bridgehead atoms. The Balaban J connectivity index is 1.60. The second-order valence-electron chi connectivity index (χ2n) is 6.63. The average molecular weight is 349 g/mol. The zero-order valence-corrected chi connectivity index (χ0v) is 14.4. The summed E-state index contributed by atoms with van der Waals surface area (Å²) in [5.74, 6) is 0.666. The Morgan fingerprint density at radius 2 is 2.08 bits per heavy atom. The number of nitrogens with zero attached hydrogens (tertiary/aromatic N) is 4. The van der Waals surface area contributed by atoms with Crippen LogP contribution in [0.4, 0.5) is 23.1 Å². The number of piperidine rings is 1. The zero-order valence-electron chi connectivity index (χ0n) is 14.4. The van der Waals surface area contributed by atoms with E-state index in [-0.39, 0.29) is 5.91 Å². The van der Waals surface area contributed by atoms with Gasteiger partial charge in [-0.05, 0) is 51.2 Å². The summed E-state index contributed by atoms with van der Waals surface area (Å²) in [6, 6.07) is 7.49. The molecule has 0 atom stereocenters. The van der Waals surface area contributed by atoms with E-state index in [4.69, 9.17) is 5.26 Å². The minimum Gasteiger partial charge on any atom is -0.351 e. The summed E-state index contributed by atoms with van der Waals surface area (Å²) in [5.41, 5.74) is 2.10. The van der Waals surface area contributed by atoms with Crippen LogP contribution in [0.15, 0.2) is 24.4 Å². The van der Waals surface area contributed by atoms with E-state index in [0.29, 0.717) is 40.3 Å². The van der Waals surface area contributed by atoms with Crippen LogP contribution in [0.25, 0.3) is 0 Å². The van der Waals surface area contributed by atoms with E-state index < -0.39 is 0 Å². The van der Waals surface area contributed by atoms with Gasteiger partial charge >= 0.3 is 0 Å². The van der Waals surface area contributed by atoms with Gasteiger partial charge in [-0.25, -0.2) is 4.98 Å². The predicted molar refractivity (Wildman–Crippen MR) is 98.6 cm³/mol. The Morgan fingerprint density at radius 3 is 2.85 bits per heavy atom. The Morgan fingerprint density at radius 1 is 1.27 bits per heavy atom. The number of carbonyl (C=O) groups excluding carboxylic acids is 1. The van der Waals surface area contributed by atoms with Crippen molar-refractivity contribution in [1.82, 2.24) is 14.9 Å². The summed E-state index contributed by atoms with van der Waals surface area (Å²) >= 11 is 0. The number of benzene rings is 1. The molecule has 1 aromatic carbocycles.